The summed E-state index contributed by atoms with van der Waals surface area (Å²) in [4.78, 5) is 14.5. The van der Waals surface area contributed by atoms with Crippen LogP contribution in [-0.2, 0) is 4.79 Å². The highest BCUT2D eigenvalue weighted by Crippen LogP contribution is 2.32. The summed E-state index contributed by atoms with van der Waals surface area (Å²) in [5.74, 6) is 0.674. The molecular weight excluding hydrogens is 264 g/mol. The van der Waals surface area contributed by atoms with Gasteiger partial charge in [-0.3, -0.25) is 4.79 Å². The lowest BCUT2D eigenvalue weighted by atomic mass is 9.91. The van der Waals surface area contributed by atoms with Crippen LogP contribution in [0.1, 0.15) is 64.2 Å². The quantitative estimate of drug-likeness (QED) is 0.763. The third kappa shape index (κ3) is 3.98. The first kappa shape index (κ1) is 15.3. The normalized spacial score (nSPS) is 32.2. The van der Waals surface area contributed by atoms with Crippen LogP contribution in [0.5, 0.6) is 0 Å². The van der Waals surface area contributed by atoms with Crippen molar-refractivity contribution in [3.8, 4) is 0 Å². The second-order valence-electron chi connectivity index (χ2n) is 7.40. The van der Waals surface area contributed by atoms with Crippen LogP contribution < -0.4 is 5.32 Å². The van der Waals surface area contributed by atoms with Gasteiger partial charge in [-0.1, -0.05) is 25.7 Å². The number of piperidine rings is 1. The van der Waals surface area contributed by atoms with Gasteiger partial charge in [0.1, 0.15) is 0 Å². The molecule has 0 aromatic carbocycles. The molecule has 3 rings (SSSR count). The van der Waals surface area contributed by atoms with Crippen molar-refractivity contribution < 1.29 is 9.90 Å². The molecule has 1 amide bonds. The average molecular weight is 294 g/mol. The molecule has 3 aliphatic rings. The Hall–Kier alpha value is -0.610. The summed E-state index contributed by atoms with van der Waals surface area (Å²) in [6.45, 7) is 2.14. The van der Waals surface area contributed by atoms with Crippen LogP contribution in [-0.4, -0.2) is 47.2 Å². The van der Waals surface area contributed by atoms with Crippen molar-refractivity contribution in [1.29, 1.82) is 0 Å². The van der Waals surface area contributed by atoms with Gasteiger partial charge >= 0.3 is 0 Å². The van der Waals surface area contributed by atoms with Crippen LogP contribution in [0.4, 0.5) is 0 Å². The van der Waals surface area contributed by atoms with Gasteiger partial charge in [0.05, 0.1) is 0 Å². The molecule has 1 atom stereocenters. The Morgan fingerprint density at radius 3 is 2.48 bits per heavy atom. The Kier molecular flexibility index (Phi) is 4.85. The summed E-state index contributed by atoms with van der Waals surface area (Å²) in [6.07, 6.45) is 11.6. The molecule has 3 fully saturated rings. The first-order valence-electron chi connectivity index (χ1n) is 8.92. The molecule has 1 heterocycles. The predicted octanol–water partition coefficient (Wildman–Crippen LogP) is 2.06. The Morgan fingerprint density at radius 2 is 1.81 bits per heavy atom. The van der Waals surface area contributed by atoms with Gasteiger partial charge in [-0.25, -0.2) is 0 Å². The second kappa shape index (κ2) is 6.66. The van der Waals surface area contributed by atoms with Gasteiger partial charge in [0.15, 0.2) is 5.60 Å². The third-order valence-electron chi connectivity index (χ3n) is 5.42. The van der Waals surface area contributed by atoms with Crippen LogP contribution in [0, 0.1) is 5.92 Å². The molecule has 1 saturated heterocycles. The van der Waals surface area contributed by atoms with Gasteiger partial charge in [0, 0.05) is 25.7 Å². The molecule has 0 aromatic rings. The van der Waals surface area contributed by atoms with Gasteiger partial charge < -0.3 is 15.3 Å². The molecule has 1 aliphatic heterocycles. The molecule has 2 aliphatic carbocycles. The number of nitrogens with one attached hydrogen (secondary N) is 1. The standard InChI is InChI=1S/C17H30N2O2/c20-16-17(21,10-5-11-19(16)12-14-8-9-14)13-18-15-6-3-1-2-4-7-15/h14-15,18,21H,1-13H2. The Bertz CT molecular complexity index is 362. The maximum absolute atomic E-state index is 12.6. The summed E-state index contributed by atoms with van der Waals surface area (Å²) < 4.78 is 0. The number of rotatable bonds is 5. The first-order chi connectivity index (χ1) is 10.2. The van der Waals surface area contributed by atoms with E-state index in [1.165, 1.54) is 51.4 Å². The molecule has 0 aromatic heterocycles. The number of carbonyl (C=O) groups is 1. The van der Waals surface area contributed by atoms with E-state index in [1.807, 2.05) is 4.90 Å². The van der Waals surface area contributed by atoms with E-state index >= 15 is 0 Å². The van der Waals surface area contributed by atoms with Crippen LogP contribution in [0.3, 0.4) is 0 Å². The summed E-state index contributed by atoms with van der Waals surface area (Å²) >= 11 is 0. The predicted molar refractivity (Wildman–Crippen MR) is 83.0 cm³/mol. The molecule has 4 nitrogen and oxygen atoms in total. The minimum absolute atomic E-state index is 0.0261. The number of nitrogens with zero attached hydrogens (tertiary/aromatic N) is 1. The SMILES string of the molecule is O=C1N(CC2CC2)CCCC1(O)CNC1CCCCCC1. The zero-order chi connectivity index (χ0) is 14.7. The fourth-order valence-electron chi connectivity index (χ4n) is 3.81. The smallest absolute Gasteiger partial charge is 0.255 e. The van der Waals surface area contributed by atoms with Gasteiger partial charge in [0.25, 0.3) is 5.91 Å². The first-order valence-corrected chi connectivity index (χ1v) is 8.92. The van der Waals surface area contributed by atoms with Crippen molar-refractivity contribution in [3.05, 3.63) is 0 Å². The van der Waals surface area contributed by atoms with Crippen molar-refractivity contribution in [1.82, 2.24) is 10.2 Å². The van der Waals surface area contributed by atoms with Gasteiger partial charge in [0.2, 0.25) is 0 Å². The van der Waals surface area contributed by atoms with Crippen molar-refractivity contribution in [2.45, 2.75) is 75.9 Å². The van der Waals surface area contributed by atoms with E-state index < -0.39 is 5.60 Å². The molecule has 4 heteroatoms. The van der Waals surface area contributed by atoms with E-state index in [-0.39, 0.29) is 5.91 Å². The largest absolute Gasteiger partial charge is 0.379 e. The number of likely N-dealkylation sites (tertiary alicyclic amines) is 1. The number of carbonyl (C=O) groups excluding carboxylic acids is 1. The number of aliphatic hydroxyl groups is 1. The van der Waals surface area contributed by atoms with Crippen molar-refractivity contribution in [2.75, 3.05) is 19.6 Å². The average Bonchev–Trinajstić information content (AvgIpc) is 3.29. The lowest BCUT2D eigenvalue weighted by Gasteiger charge is -2.39. The topological polar surface area (TPSA) is 52.6 Å². The lowest BCUT2D eigenvalue weighted by molar-refractivity contribution is -0.157. The monoisotopic (exact) mass is 294 g/mol. The second-order valence-corrected chi connectivity index (χ2v) is 7.40. The van der Waals surface area contributed by atoms with Crippen LogP contribution in [0.15, 0.2) is 0 Å². The zero-order valence-electron chi connectivity index (χ0n) is 13.1. The summed E-state index contributed by atoms with van der Waals surface area (Å²) in [6, 6.07) is 0.489. The summed E-state index contributed by atoms with van der Waals surface area (Å²) in [5.41, 5.74) is -1.15. The third-order valence-corrected chi connectivity index (χ3v) is 5.42. The summed E-state index contributed by atoms with van der Waals surface area (Å²) in [7, 11) is 0. The van der Waals surface area contributed by atoms with Gasteiger partial charge in [-0.05, 0) is 44.4 Å². The highest BCUT2D eigenvalue weighted by atomic mass is 16.3. The van der Waals surface area contributed by atoms with E-state index in [1.54, 1.807) is 0 Å². The van der Waals surface area contributed by atoms with E-state index in [9.17, 15) is 9.90 Å². The number of hydrogen-bond donors (Lipinski definition) is 2. The molecule has 120 valence electrons. The van der Waals surface area contributed by atoms with Crippen molar-refractivity contribution in [3.63, 3.8) is 0 Å². The molecular formula is C17H30N2O2. The molecule has 21 heavy (non-hydrogen) atoms. The molecule has 2 saturated carbocycles. The molecule has 1 unspecified atom stereocenters. The fourth-order valence-corrected chi connectivity index (χ4v) is 3.81. The molecule has 0 radical (unpaired) electrons. The maximum atomic E-state index is 12.6. The van der Waals surface area contributed by atoms with Crippen LogP contribution in [0.2, 0.25) is 0 Å². The minimum atomic E-state index is -1.15. The van der Waals surface area contributed by atoms with Crippen LogP contribution >= 0.6 is 0 Å². The Balaban J connectivity index is 1.52. The highest BCUT2D eigenvalue weighted by molar-refractivity contribution is 5.86. The van der Waals surface area contributed by atoms with E-state index in [0.29, 0.717) is 24.9 Å². The number of hydrogen-bond acceptors (Lipinski definition) is 3. The maximum Gasteiger partial charge on any atom is 0.255 e. The van der Waals surface area contributed by atoms with Crippen LogP contribution in [0.25, 0.3) is 0 Å². The van der Waals surface area contributed by atoms with E-state index in [2.05, 4.69) is 5.32 Å². The van der Waals surface area contributed by atoms with Gasteiger partial charge in [-0.15, -0.1) is 0 Å². The van der Waals surface area contributed by atoms with E-state index in [4.69, 9.17) is 0 Å². The lowest BCUT2D eigenvalue weighted by Crippen LogP contribution is -2.59. The van der Waals surface area contributed by atoms with Crippen molar-refractivity contribution >= 4 is 5.91 Å². The Labute approximate surface area is 128 Å². The molecule has 2 N–H and O–H groups in total. The van der Waals surface area contributed by atoms with Crippen molar-refractivity contribution in [2.24, 2.45) is 5.92 Å². The fraction of sp³-hybridized carbons (Fsp3) is 0.941. The molecule has 0 spiro atoms. The molecule has 0 bridgehead atoms. The van der Waals surface area contributed by atoms with E-state index in [0.717, 1.165) is 19.5 Å². The highest BCUT2D eigenvalue weighted by Gasteiger charge is 2.43. The van der Waals surface area contributed by atoms with Gasteiger partial charge in [-0.2, -0.15) is 0 Å². The summed E-state index contributed by atoms with van der Waals surface area (Å²) in [5, 5.41) is 14.3. The zero-order valence-corrected chi connectivity index (χ0v) is 13.1. The Morgan fingerprint density at radius 1 is 1.10 bits per heavy atom. The minimum Gasteiger partial charge on any atom is -0.379 e. The number of amides is 1.